The molecule has 2 N–H and O–H groups in total. The number of amides is 1. The predicted octanol–water partition coefficient (Wildman–Crippen LogP) is 3.61. The highest BCUT2D eigenvalue weighted by Gasteiger charge is 2.24. The average molecular weight is 557 g/mol. The zero-order valence-electron chi connectivity index (χ0n) is 24.2. The van der Waals surface area contributed by atoms with Gasteiger partial charge in [-0.2, -0.15) is 0 Å². The fourth-order valence-electron chi connectivity index (χ4n) is 5.29. The molecule has 214 valence electrons. The minimum atomic E-state index is -0.293. The van der Waals surface area contributed by atoms with Crippen LogP contribution in [0.25, 0.3) is 22.3 Å². The van der Waals surface area contributed by atoms with Gasteiger partial charge < -0.3 is 34.0 Å². The van der Waals surface area contributed by atoms with Gasteiger partial charge in [-0.05, 0) is 55.3 Å². The lowest BCUT2D eigenvalue weighted by Gasteiger charge is -2.32. The zero-order valence-corrected chi connectivity index (χ0v) is 24.2. The average Bonchev–Trinajstić information content (AvgIpc) is 3.39. The van der Waals surface area contributed by atoms with Gasteiger partial charge in [0, 0.05) is 56.4 Å². The van der Waals surface area contributed by atoms with Crippen molar-refractivity contribution in [3.63, 3.8) is 0 Å². The zero-order chi connectivity index (χ0) is 29.3. The second-order valence-corrected chi connectivity index (χ2v) is 10.4. The highest BCUT2D eigenvalue weighted by Crippen LogP contribution is 2.34. The Morgan fingerprint density at radius 2 is 1.95 bits per heavy atom. The van der Waals surface area contributed by atoms with Crippen LogP contribution in [0.1, 0.15) is 32.9 Å². The Kier molecular flexibility index (Phi) is 7.85. The molecule has 4 aromatic heterocycles. The molecule has 1 aliphatic heterocycles. The summed E-state index contributed by atoms with van der Waals surface area (Å²) in [7, 11) is 5.42. The van der Waals surface area contributed by atoms with Gasteiger partial charge in [0.15, 0.2) is 0 Å². The number of fused-ring (bicyclic) bond motifs is 1. The van der Waals surface area contributed by atoms with Gasteiger partial charge in [-0.1, -0.05) is 6.58 Å². The molecule has 0 unspecified atom stereocenters. The van der Waals surface area contributed by atoms with Crippen molar-refractivity contribution in [1.82, 2.24) is 24.6 Å². The number of pyridine rings is 3. The number of morpholine rings is 1. The van der Waals surface area contributed by atoms with Crippen molar-refractivity contribution in [3.05, 3.63) is 87.7 Å². The molecule has 0 bridgehead atoms. The summed E-state index contributed by atoms with van der Waals surface area (Å²) in [6, 6.07) is 9.70. The summed E-state index contributed by atoms with van der Waals surface area (Å²) in [4.78, 5) is 37.8. The van der Waals surface area contributed by atoms with Crippen molar-refractivity contribution < 1.29 is 14.3 Å². The van der Waals surface area contributed by atoms with Crippen molar-refractivity contribution in [2.75, 3.05) is 52.4 Å². The van der Waals surface area contributed by atoms with Crippen LogP contribution in [0.5, 0.6) is 5.75 Å². The number of aromatic amines is 1. The number of nitrogens with zero attached hydrogens (tertiary/aromatic N) is 4. The molecule has 1 amide bonds. The van der Waals surface area contributed by atoms with Crippen LogP contribution in [0.15, 0.2) is 54.1 Å². The number of rotatable bonds is 8. The maximum Gasteiger partial charge on any atom is 0.256 e. The van der Waals surface area contributed by atoms with Crippen LogP contribution in [0.2, 0.25) is 0 Å². The summed E-state index contributed by atoms with van der Waals surface area (Å²) >= 11 is 0. The Balaban J connectivity index is 1.61. The molecule has 41 heavy (non-hydrogen) atoms. The van der Waals surface area contributed by atoms with Crippen LogP contribution >= 0.6 is 0 Å². The maximum absolute atomic E-state index is 13.8. The van der Waals surface area contributed by atoms with E-state index >= 15 is 0 Å². The normalized spacial score (nSPS) is 13.3. The lowest BCUT2D eigenvalue weighted by molar-refractivity contribution is 0.0639. The molecule has 1 saturated heterocycles. The van der Waals surface area contributed by atoms with Crippen LogP contribution in [-0.4, -0.2) is 72.7 Å². The third-order valence-electron chi connectivity index (χ3n) is 7.51. The third-order valence-corrected chi connectivity index (χ3v) is 7.51. The molecule has 1 fully saturated rings. The number of hydrogen-bond donors (Lipinski definition) is 2. The Hall–Kier alpha value is -4.57. The van der Waals surface area contributed by atoms with Gasteiger partial charge >= 0.3 is 0 Å². The monoisotopic (exact) mass is 556 g/mol. The molecule has 0 aliphatic carbocycles. The maximum atomic E-state index is 13.8. The van der Waals surface area contributed by atoms with Gasteiger partial charge in [0.2, 0.25) is 0 Å². The standard InChI is InChI=1S/C31H36N6O4/c1-19-15-27(40-6)25(31(39)34-19)18-33-30(38)24-17-26-23(22-7-9-32-28(16-22)35(4)5)8-10-37(26)29(20(24)2)21(3)36-11-13-41-14-12-36/h7-10,15-17H,3,11-14,18H2,1-2,4-6H3,(H,33,38)(H,34,39). The van der Waals surface area contributed by atoms with E-state index in [9.17, 15) is 9.59 Å². The van der Waals surface area contributed by atoms with Crippen molar-refractivity contribution in [2.24, 2.45) is 0 Å². The Bertz CT molecular complexity index is 1680. The van der Waals surface area contributed by atoms with Crippen molar-refractivity contribution in [2.45, 2.75) is 20.4 Å². The first-order valence-corrected chi connectivity index (χ1v) is 13.5. The molecular formula is C31H36N6O4. The molecule has 0 radical (unpaired) electrons. The Morgan fingerprint density at radius 1 is 1.20 bits per heavy atom. The summed E-state index contributed by atoms with van der Waals surface area (Å²) < 4.78 is 13.1. The second kappa shape index (κ2) is 11.5. The molecule has 0 atom stereocenters. The summed E-state index contributed by atoms with van der Waals surface area (Å²) in [5.41, 5.74) is 6.56. The molecule has 5 heterocycles. The lowest BCUT2D eigenvalue weighted by atomic mass is 10.0. The van der Waals surface area contributed by atoms with E-state index in [2.05, 4.69) is 37.2 Å². The van der Waals surface area contributed by atoms with E-state index in [4.69, 9.17) is 9.47 Å². The van der Waals surface area contributed by atoms with E-state index in [-0.39, 0.29) is 18.0 Å². The van der Waals surface area contributed by atoms with Gasteiger partial charge in [-0.15, -0.1) is 0 Å². The number of hydrogen-bond acceptors (Lipinski definition) is 7. The fraction of sp³-hybridized carbons (Fsp3) is 0.323. The van der Waals surface area contributed by atoms with Crippen molar-refractivity contribution >= 4 is 22.9 Å². The number of carbonyl (C=O) groups excluding carboxylic acids is 1. The van der Waals surface area contributed by atoms with Gasteiger partial charge in [-0.3, -0.25) is 9.59 Å². The number of carbonyl (C=O) groups is 1. The smallest absolute Gasteiger partial charge is 0.256 e. The molecule has 0 spiro atoms. The van der Waals surface area contributed by atoms with Crippen molar-refractivity contribution in [1.29, 1.82) is 0 Å². The van der Waals surface area contributed by atoms with Crippen molar-refractivity contribution in [3.8, 4) is 16.9 Å². The SMILES string of the molecule is C=C(c1c(C)c(C(=O)NCc2c(OC)cc(C)[nH]c2=O)cc2c(-c3ccnc(N(C)C)c3)ccn12)N1CCOCC1. The van der Waals surface area contributed by atoms with E-state index in [1.54, 1.807) is 19.2 Å². The van der Waals surface area contributed by atoms with Gasteiger partial charge in [0.1, 0.15) is 11.6 Å². The summed E-state index contributed by atoms with van der Waals surface area (Å²) in [5.74, 6) is 0.976. The number of nitrogens with one attached hydrogen (secondary N) is 2. The van der Waals surface area contributed by atoms with Gasteiger partial charge in [0.25, 0.3) is 11.5 Å². The van der Waals surface area contributed by atoms with E-state index in [1.165, 1.54) is 7.11 Å². The fourth-order valence-corrected chi connectivity index (χ4v) is 5.29. The quantitative estimate of drug-likeness (QED) is 0.342. The van der Waals surface area contributed by atoms with E-state index in [1.807, 2.05) is 50.3 Å². The molecule has 5 rings (SSSR count). The molecule has 4 aromatic rings. The lowest BCUT2D eigenvalue weighted by Crippen LogP contribution is -2.35. The first-order chi connectivity index (χ1) is 19.7. The molecule has 10 nitrogen and oxygen atoms in total. The third kappa shape index (κ3) is 5.43. The molecule has 1 aliphatic rings. The van der Waals surface area contributed by atoms with E-state index in [0.717, 1.165) is 52.5 Å². The first-order valence-electron chi connectivity index (χ1n) is 13.5. The van der Waals surface area contributed by atoms with Crippen LogP contribution in [0, 0.1) is 13.8 Å². The number of aromatic nitrogens is 3. The largest absolute Gasteiger partial charge is 0.496 e. The highest BCUT2D eigenvalue weighted by atomic mass is 16.5. The highest BCUT2D eigenvalue weighted by molar-refractivity contribution is 5.99. The summed E-state index contributed by atoms with van der Waals surface area (Å²) in [6.45, 7) is 10.9. The Morgan fingerprint density at radius 3 is 2.66 bits per heavy atom. The molecule has 10 heteroatoms. The first kappa shape index (κ1) is 28.0. The number of anilines is 1. The topological polar surface area (TPSA) is 104 Å². The number of aryl methyl sites for hydroxylation is 1. The summed E-state index contributed by atoms with van der Waals surface area (Å²) in [5, 5.41) is 2.95. The predicted molar refractivity (Wildman–Crippen MR) is 161 cm³/mol. The van der Waals surface area contributed by atoms with Crippen LogP contribution in [-0.2, 0) is 11.3 Å². The molecule has 0 aromatic carbocycles. The minimum absolute atomic E-state index is 0.0202. The van der Waals surface area contributed by atoms with Crippen LogP contribution < -0.4 is 20.5 Å². The van der Waals surface area contributed by atoms with Gasteiger partial charge in [-0.25, -0.2) is 4.98 Å². The Labute approximate surface area is 239 Å². The molecule has 0 saturated carbocycles. The van der Waals surface area contributed by atoms with Crippen LogP contribution in [0.3, 0.4) is 0 Å². The van der Waals surface area contributed by atoms with E-state index in [0.29, 0.717) is 35.8 Å². The van der Waals surface area contributed by atoms with E-state index < -0.39 is 0 Å². The number of ether oxygens (including phenoxy) is 2. The van der Waals surface area contributed by atoms with Gasteiger partial charge in [0.05, 0.1) is 49.3 Å². The number of methoxy groups -OCH3 is 1. The number of H-pyrrole nitrogens is 1. The molecular weight excluding hydrogens is 520 g/mol. The minimum Gasteiger partial charge on any atom is -0.496 e. The summed E-state index contributed by atoms with van der Waals surface area (Å²) in [6.07, 6.45) is 3.81. The van der Waals surface area contributed by atoms with Crippen LogP contribution in [0.4, 0.5) is 5.82 Å². The second-order valence-electron chi connectivity index (χ2n) is 10.4.